The largest absolute Gasteiger partial charge is 0.462 e. The van der Waals surface area contributed by atoms with Gasteiger partial charge in [-0.3, -0.25) is 14.4 Å². The zero-order chi connectivity index (χ0) is 40.1. The van der Waals surface area contributed by atoms with Crippen LogP contribution < -0.4 is 0 Å². The summed E-state index contributed by atoms with van der Waals surface area (Å²) in [6, 6.07) is 0. The van der Waals surface area contributed by atoms with E-state index in [9.17, 15) is 14.4 Å². The number of hydrogen-bond acceptors (Lipinski definition) is 6. The lowest BCUT2D eigenvalue weighted by molar-refractivity contribution is -0.167. The van der Waals surface area contributed by atoms with E-state index < -0.39 is 6.10 Å². The summed E-state index contributed by atoms with van der Waals surface area (Å²) in [7, 11) is 0. The molecule has 0 saturated carbocycles. The van der Waals surface area contributed by atoms with E-state index in [4.69, 9.17) is 14.2 Å². The van der Waals surface area contributed by atoms with Gasteiger partial charge in [-0.1, -0.05) is 186 Å². The van der Waals surface area contributed by atoms with Crippen molar-refractivity contribution in [3.63, 3.8) is 0 Å². The van der Waals surface area contributed by atoms with E-state index >= 15 is 0 Å². The van der Waals surface area contributed by atoms with Crippen molar-refractivity contribution < 1.29 is 28.6 Å². The molecule has 0 aromatic rings. The van der Waals surface area contributed by atoms with Crippen molar-refractivity contribution in [3.05, 3.63) is 36.5 Å². The summed E-state index contributed by atoms with van der Waals surface area (Å²) < 4.78 is 16.7. The molecule has 0 aliphatic heterocycles. The molecule has 0 aliphatic carbocycles. The number of rotatable bonds is 42. The fourth-order valence-corrected chi connectivity index (χ4v) is 6.51. The quantitative estimate of drug-likeness (QED) is 0.0266. The van der Waals surface area contributed by atoms with E-state index in [0.717, 1.165) is 89.9 Å². The Balaban J connectivity index is 4.31. The smallest absolute Gasteiger partial charge is 0.306 e. The van der Waals surface area contributed by atoms with Crippen LogP contribution in [0.5, 0.6) is 0 Å². The zero-order valence-electron chi connectivity index (χ0n) is 36.4. The minimum atomic E-state index is -0.776. The van der Waals surface area contributed by atoms with Gasteiger partial charge in [0.2, 0.25) is 0 Å². The summed E-state index contributed by atoms with van der Waals surface area (Å²) in [5.41, 5.74) is 0. The average Bonchev–Trinajstić information content (AvgIpc) is 3.18. The van der Waals surface area contributed by atoms with Crippen LogP contribution >= 0.6 is 0 Å². The maximum absolute atomic E-state index is 12.7. The highest BCUT2D eigenvalue weighted by Crippen LogP contribution is 2.14. The molecule has 0 N–H and O–H groups in total. The van der Waals surface area contributed by atoms with Gasteiger partial charge in [-0.25, -0.2) is 0 Å². The van der Waals surface area contributed by atoms with Gasteiger partial charge in [-0.15, -0.1) is 0 Å². The molecule has 0 rings (SSSR count). The van der Waals surface area contributed by atoms with Crippen LogP contribution in [0.15, 0.2) is 36.5 Å². The fourth-order valence-electron chi connectivity index (χ4n) is 6.51. The van der Waals surface area contributed by atoms with E-state index in [2.05, 4.69) is 57.2 Å². The second kappa shape index (κ2) is 44.3. The Morgan fingerprint density at radius 3 is 1.07 bits per heavy atom. The van der Waals surface area contributed by atoms with Crippen LogP contribution in [0.3, 0.4) is 0 Å². The maximum atomic E-state index is 12.7. The molecule has 0 aromatic heterocycles. The predicted octanol–water partition coefficient (Wildman–Crippen LogP) is 15.0. The second-order valence-electron chi connectivity index (χ2n) is 15.7. The van der Waals surface area contributed by atoms with E-state index in [-0.39, 0.29) is 31.1 Å². The van der Waals surface area contributed by atoms with Crippen LogP contribution in [0.2, 0.25) is 0 Å². The van der Waals surface area contributed by atoms with Crippen molar-refractivity contribution in [1.29, 1.82) is 0 Å². The SMILES string of the molecule is CCCC/C=C\C/C=C\CCCCCCCC(=O)OC(COC(=O)CCCCCCC/C=C\CCCCCCCCC)COC(=O)CCCCCCCCC. The van der Waals surface area contributed by atoms with Gasteiger partial charge in [0.15, 0.2) is 6.10 Å². The molecule has 0 saturated heterocycles. The van der Waals surface area contributed by atoms with Crippen LogP contribution in [0.4, 0.5) is 0 Å². The maximum Gasteiger partial charge on any atom is 0.306 e. The fraction of sp³-hybridized carbons (Fsp3) is 0.816. The predicted molar refractivity (Wildman–Crippen MR) is 233 cm³/mol. The molecule has 1 unspecified atom stereocenters. The van der Waals surface area contributed by atoms with Crippen molar-refractivity contribution in [2.45, 2.75) is 245 Å². The summed E-state index contributed by atoms with van der Waals surface area (Å²) >= 11 is 0. The van der Waals surface area contributed by atoms with E-state index in [0.29, 0.717) is 19.3 Å². The number of esters is 3. The highest BCUT2D eigenvalue weighted by atomic mass is 16.6. The molecule has 6 heteroatoms. The molecule has 6 nitrogen and oxygen atoms in total. The molecule has 55 heavy (non-hydrogen) atoms. The molecule has 0 fully saturated rings. The van der Waals surface area contributed by atoms with E-state index in [1.807, 2.05) is 0 Å². The molecule has 0 radical (unpaired) electrons. The highest BCUT2D eigenvalue weighted by molar-refractivity contribution is 5.71. The molecule has 0 aromatic carbocycles. The van der Waals surface area contributed by atoms with Gasteiger partial charge in [0, 0.05) is 19.3 Å². The second-order valence-corrected chi connectivity index (χ2v) is 15.7. The topological polar surface area (TPSA) is 78.9 Å². The van der Waals surface area contributed by atoms with Crippen molar-refractivity contribution in [2.24, 2.45) is 0 Å². The average molecular weight is 773 g/mol. The minimum Gasteiger partial charge on any atom is -0.462 e. The number of hydrogen-bond donors (Lipinski definition) is 0. The normalized spacial score (nSPS) is 12.3. The number of carbonyl (C=O) groups is 3. The van der Waals surface area contributed by atoms with Gasteiger partial charge in [-0.05, 0) is 70.6 Å². The first-order valence-electron chi connectivity index (χ1n) is 23.5. The first-order valence-corrected chi connectivity index (χ1v) is 23.5. The van der Waals surface area contributed by atoms with Crippen LogP contribution in [0.1, 0.15) is 239 Å². The van der Waals surface area contributed by atoms with Crippen LogP contribution in [0, 0.1) is 0 Å². The van der Waals surface area contributed by atoms with Crippen molar-refractivity contribution in [3.8, 4) is 0 Å². The van der Waals surface area contributed by atoms with Gasteiger partial charge in [0.05, 0.1) is 0 Å². The van der Waals surface area contributed by atoms with Crippen molar-refractivity contribution in [2.75, 3.05) is 13.2 Å². The molecule has 0 amide bonds. The highest BCUT2D eigenvalue weighted by Gasteiger charge is 2.19. The van der Waals surface area contributed by atoms with E-state index in [1.54, 1.807) is 0 Å². The molecular weight excluding hydrogens is 685 g/mol. The molecule has 0 spiro atoms. The summed E-state index contributed by atoms with van der Waals surface area (Å²) in [5.74, 6) is -0.906. The summed E-state index contributed by atoms with van der Waals surface area (Å²) in [6.45, 7) is 6.53. The van der Waals surface area contributed by atoms with Gasteiger partial charge in [0.25, 0.3) is 0 Å². The molecule has 0 aliphatic rings. The first-order chi connectivity index (χ1) is 27.0. The van der Waals surface area contributed by atoms with Crippen LogP contribution in [0.25, 0.3) is 0 Å². The summed E-state index contributed by atoms with van der Waals surface area (Å²) in [4.78, 5) is 37.6. The Bertz CT molecular complexity index is 938. The minimum absolute atomic E-state index is 0.0795. The lowest BCUT2D eigenvalue weighted by Gasteiger charge is -2.18. The summed E-state index contributed by atoms with van der Waals surface area (Å²) in [6.07, 6.45) is 49.9. The Kier molecular flexibility index (Phi) is 42.4. The number of ether oxygens (including phenoxy) is 3. The van der Waals surface area contributed by atoms with Gasteiger partial charge in [0.1, 0.15) is 13.2 Å². The molecular formula is C49H88O6. The number of carbonyl (C=O) groups excluding carboxylic acids is 3. The van der Waals surface area contributed by atoms with Crippen molar-refractivity contribution >= 4 is 17.9 Å². The third-order valence-electron chi connectivity index (χ3n) is 10.1. The monoisotopic (exact) mass is 773 g/mol. The lowest BCUT2D eigenvalue weighted by atomic mass is 10.1. The van der Waals surface area contributed by atoms with Gasteiger partial charge < -0.3 is 14.2 Å². The van der Waals surface area contributed by atoms with Crippen LogP contribution in [-0.4, -0.2) is 37.2 Å². The first kappa shape index (κ1) is 52.6. The van der Waals surface area contributed by atoms with Crippen LogP contribution in [-0.2, 0) is 28.6 Å². The third kappa shape index (κ3) is 42.6. The van der Waals surface area contributed by atoms with E-state index in [1.165, 1.54) is 109 Å². The lowest BCUT2D eigenvalue weighted by Crippen LogP contribution is -2.30. The molecule has 0 bridgehead atoms. The third-order valence-corrected chi connectivity index (χ3v) is 10.1. The molecule has 320 valence electrons. The number of unbranched alkanes of at least 4 members (excludes halogenated alkanes) is 25. The molecule has 1 atom stereocenters. The van der Waals surface area contributed by atoms with Gasteiger partial charge >= 0.3 is 17.9 Å². The van der Waals surface area contributed by atoms with Gasteiger partial charge in [-0.2, -0.15) is 0 Å². The number of allylic oxidation sites excluding steroid dienone is 6. The Morgan fingerprint density at radius 1 is 0.364 bits per heavy atom. The Hall–Kier alpha value is -2.37. The zero-order valence-corrected chi connectivity index (χ0v) is 36.4. The standard InChI is InChI=1S/C49H88O6/c1-4-7-10-13-16-18-20-22-24-25-27-28-30-33-36-39-42-48(51)54-45-46(44-53-47(50)41-38-35-32-15-12-9-6-3)55-49(52)43-40-37-34-31-29-26-23-21-19-17-14-11-8-5-2/h14,17,21,23-25,46H,4-13,15-16,18-20,22,26-45H2,1-3H3/b17-14-,23-21-,25-24-. The Labute approximate surface area is 340 Å². The Morgan fingerprint density at radius 2 is 0.673 bits per heavy atom. The van der Waals surface area contributed by atoms with Crippen molar-refractivity contribution in [1.82, 2.24) is 0 Å². The summed E-state index contributed by atoms with van der Waals surface area (Å²) in [5, 5.41) is 0. The molecule has 0 heterocycles.